The highest BCUT2D eigenvalue weighted by Crippen LogP contribution is 2.30. The number of rotatable bonds is 1. The standard InChI is InChI=1S/C18H25N3O3/c1-18(2,3)24-17(23)20-10-8-14(9-11-20)21-15-7-5-4-6-13(15)12-19-16(21)22/h4-7,14H,8-12H2,1-3H3,(H,19,22). The van der Waals surface area contributed by atoms with E-state index in [9.17, 15) is 9.59 Å². The highest BCUT2D eigenvalue weighted by atomic mass is 16.6. The third-order valence-corrected chi connectivity index (χ3v) is 4.38. The number of benzene rings is 1. The van der Waals surface area contributed by atoms with Crippen molar-refractivity contribution in [2.45, 2.75) is 51.8 Å². The number of nitrogens with zero attached hydrogens (tertiary/aromatic N) is 2. The number of carbonyl (C=O) groups excluding carboxylic acids is 2. The van der Waals surface area contributed by atoms with Crippen molar-refractivity contribution in [3.05, 3.63) is 29.8 Å². The molecule has 2 aliphatic heterocycles. The third kappa shape index (κ3) is 3.47. The fraction of sp³-hybridized carbons (Fsp3) is 0.556. The molecule has 1 saturated heterocycles. The lowest BCUT2D eigenvalue weighted by molar-refractivity contribution is 0.0206. The number of likely N-dealkylation sites (tertiary alicyclic amines) is 1. The van der Waals surface area contributed by atoms with Gasteiger partial charge in [-0.05, 0) is 45.2 Å². The second-order valence-corrected chi connectivity index (χ2v) is 7.36. The quantitative estimate of drug-likeness (QED) is 0.860. The number of para-hydroxylation sites is 1. The number of amides is 3. The normalized spacial score (nSPS) is 18.9. The third-order valence-electron chi connectivity index (χ3n) is 4.38. The van der Waals surface area contributed by atoms with Gasteiger partial charge >= 0.3 is 12.1 Å². The van der Waals surface area contributed by atoms with E-state index in [1.54, 1.807) is 4.90 Å². The number of carbonyl (C=O) groups is 2. The Morgan fingerprint density at radius 1 is 1.21 bits per heavy atom. The van der Waals surface area contributed by atoms with Crippen LogP contribution in [-0.2, 0) is 11.3 Å². The zero-order valence-electron chi connectivity index (χ0n) is 14.5. The molecule has 2 heterocycles. The van der Waals surface area contributed by atoms with Crippen LogP contribution in [0.25, 0.3) is 0 Å². The Morgan fingerprint density at radius 2 is 1.88 bits per heavy atom. The molecular weight excluding hydrogens is 306 g/mol. The summed E-state index contributed by atoms with van der Waals surface area (Å²) in [6.07, 6.45) is 1.23. The molecule has 0 aromatic heterocycles. The second-order valence-electron chi connectivity index (χ2n) is 7.36. The summed E-state index contributed by atoms with van der Waals surface area (Å²) >= 11 is 0. The van der Waals surface area contributed by atoms with Gasteiger partial charge < -0.3 is 15.0 Å². The van der Waals surface area contributed by atoms with Crippen molar-refractivity contribution in [1.29, 1.82) is 0 Å². The van der Waals surface area contributed by atoms with E-state index in [-0.39, 0.29) is 18.2 Å². The number of piperidine rings is 1. The summed E-state index contributed by atoms with van der Waals surface area (Å²) in [5.41, 5.74) is 1.63. The van der Waals surface area contributed by atoms with Crippen LogP contribution in [0.15, 0.2) is 24.3 Å². The summed E-state index contributed by atoms with van der Waals surface area (Å²) < 4.78 is 5.43. The van der Waals surface area contributed by atoms with Gasteiger partial charge in [0.05, 0.1) is 5.69 Å². The minimum Gasteiger partial charge on any atom is -0.444 e. The molecule has 1 N–H and O–H groups in total. The van der Waals surface area contributed by atoms with E-state index in [1.165, 1.54) is 0 Å². The van der Waals surface area contributed by atoms with E-state index in [0.717, 1.165) is 24.1 Å². The van der Waals surface area contributed by atoms with E-state index >= 15 is 0 Å². The van der Waals surface area contributed by atoms with E-state index in [1.807, 2.05) is 49.9 Å². The molecular formula is C18H25N3O3. The van der Waals surface area contributed by atoms with E-state index in [2.05, 4.69) is 5.32 Å². The van der Waals surface area contributed by atoms with Crippen molar-refractivity contribution in [3.63, 3.8) is 0 Å². The fourth-order valence-corrected chi connectivity index (χ4v) is 3.26. The van der Waals surface area contributed by atoms with Gasteiger partial charge in [0.2, 0.25) is 0 Å². The number of anilines is 1. The zero-order valence-corrected chi connectivity index (χ0v) is 14.5. The molecule has 0 unspecified atom stereocenters. The Kier molecular flexibility index (Phi) is 4.39. The van der Waals surface area contributed by atoms with Crippen LogP contribution in [0.4, 0.5) is 15.3 Å². The Balaban J connectivity index is 1.67. The molecule has 3 amide bonds. The first kappa shape index (κ1) is 16.6. The van der Waals surface area contributed by atoms with Gasteiger partial charge in [-0.1, -0.05) is 18.2 Å². The first-order valence-corrected chi connectivity index (χ1v) is 8.48. The molecule has 130 valence electrons. The molecule has 0 saturated carbocycles. The number of urea groups is 1. The summed E-state index contributed by atoms with van der Waals surface area (Å²) in [5, 5.41) is 2.93. The van der Waals surface area contributed by atoms with Gasteiger partial charge in [-0.3, -0.25) is 4.90 Å². The summed E-state index contributed by atoms with van der Waals surface area (Å²) in [6, 6.07) is 8.03. The van der Waals surface area contributed by atoms with Gasteiger partial charge in [0.15, 0.2) is 0 Å². The van der Waals surface area contributed by atoms with Crippen molar-refractivity contribution < 1.29 is 14.3 Å². The fourth-order valence-electron chi connectivity index (χ4n) is 3.26. The molecule has 0 bridgehead atoms. The predicted octanol–water partition coefficient (Wildman–Crippen LogP) is 3.12. The molecule has 0 atom stereocenters. The second kappa shape index (κ2) is 6.34. The number of nitrogens with one attached hydrogen (secondary N) is 1. The van der Waals surface area contributed by atoms with Crippen LogP contribution in [-0.4, -0.2) is 41.8 Å². The van der Waals surface area contributed by atoms with Crippen molar-refractivity contribution in [3.8, 4) is 0 Å². The SMILES string of the molecule is CC(C)(C)OC(=O)N1CCC(N2C(=O)NCc3ccccc32)CC1. The highest BCUT2D eigenvalue weighted by Gasteiger charge is 2.34. The van der Waals surface area contributed by atoms with Crippen LogP contribution < -0.4 is 10.2 Å². The topological polar surface area (TPSA) is 61.9 Å². The zero-order chi connectivity index (χ0) is 17.3. The van der Waals surface area contributed by atoms with Crippen molar-refractivity contribution in [2.75, 3.05) is 18.0 Å². The first-order chi connectivity index (χ1) is 11.3. The highest BCUT2D eigenvalue weighted by molar-refractivity contribution is 5.95. The molecule has 1 aromatic rings. The summed E-state index contributed by atoms with van der Waals surface area (Å²) in [4.78, 5) is 28.1. The maximum atomic E-state index is 12.4. The largest absolute Gasteiger partial charge is 0.444 e. The first-order valence-electron chi connectivity index (χ1n) is 8.48. The Bertz CT molecular complexity index is 631. The molecule has 3 rings (SSSR count). The minimum absolute atomic E-state index is 0.0515. The van der Waals surface area contributed by atoms with E-state index in [0.29, 0.717) is 19.6 Å². The van der Waals surface area contributed by atoms with Crippen LogP contribution in [0.5, 0.6) is 0 Å². The van der Waals surface area contributed by atoms with Crippen LogP contribution in [0.3, 0.4) is 0 Å². The van der Waals surface area contributed by atoms with E-state index < -0.39 is 5.60 Å². The molecule has 6 nitrogen and oxygen atoms in total. The number of ether oxygens (including phenoxy) is 1. The summed E-state index contributed by atoms with van der Waals surface area (Å²) in [6.45, 7) is 7.38. The molecule has 0 radical (unpaired) electrons. The number of hydrogen-bond acceptors (Lipinski definition) is 3. The lowest BCUT2D eigenvalue weighted by Crippen LogP contribution is -2.54. The summed E-state index contributed by atoms with van der Waals surface area (Å²) in [5.74, 6) is 0. The predicted molar refractivity (Wildman–Crippen MR) is 92.0 cm³/mol. The van der Waals surface area contributed by atoms with E-state index in [4.69, 9.17) is 4.74 Å². The van der Waals surface area contributed by atoms with Crippen molar-refractivity contribution in [2.24, 2.45) is 0 Å². The van der Waals surface area contributed by atoms with Gasteiger partial charge in [0.25, 0.3) is 0 Å². The lowest BCUT2D eigenvalue weighted by Gasteiger charge is -2.41. The van der Waals surface area contributed by atoms with Crippen LogP contribution >= 0.6 is 0 Å². The molecule has 6 heteroatoms. The molecule has 0 aliphatic carbocycles. The van der Waals surface area contributed by atoms with Gasteiger partial charge in [-0.2, -0.15) is 0 Å². The van der Waals surface area contributed by atoms with Gasteiger partial charge in [-0.25, -0.2) is 9.59 Å². The molecule has 2 aliphatic rings. The lowest BCUT2D eigenvalue weighted by atomic mass is 10.0. The smallest absolute Gasteiger partial charge is 0.410 e. The molecule has 1 aromatic carbocycles. The van der Waals surface area contributed by atoms with Gasteiger partial charge in [0.1, 0.15) is 5.60 Å². The molecule has 0 spiro atoms. The van der Waals surface area contributed by atoms with Crippen LogP contribution in [0.1, 0.15) is 39.2 Å². The molecule has 24 heavy (non-hydrogen) atoms. The van der Waals surface area contributed by atoms with Gasteiger partial charge in [0, 0.05) is 25.7 Å². The maximum absolute atomic E-state index is 12.4. The molecule has 1 fully saturated rings. The van der Waals surface area contributed by atoms with Crippen molar-refractivity contribution >= 4 is 17.8 Å². The minimum atomic E-state index is -0.486. The number of fused-ring (bicyclic) bond motifs is 1. The number of hydrogen-bond donors (Lipinski definition) is 1. The average Bonchev–Trinajstić information content (AvgIpc) is 2.53. The average molecular weight is 331 g/mol. The Labute approximate surface area is 142 Å². The van der Waals surface area contributed by atoms with Crippen molar-refractivity contribution in [1.82, 2.24) is 10.2 Å². The van der Waals surface area contributed by atoms with Gasteiger partial charge in [-0.15, -0.1) is 0 Å². The maximum Gasteiger partial charge on any atom is 0.410 e. The monoisotopic (exact) mass is 331 g/mol. The summed E-state index contributed by atoms with van der Waals surface area (Å²) in [7, 11) is 0. The van der Waals surface area contributed by atoms with Crippen LogP contribution in [0.2, 0.25) is 0 Å². The Hall–Kier alpha value is -2.24. The van der Waals surface area contributed by atoms with Crippen LogP contribution in [0, 0.1) is 0 Å². The Morgan fingerprint density at radius 3 is 2.54 bits per heavy atom.